The molecule has 0 spiro atoms. The summed E-state index contributed by atoms with van der Waals surface area (Å²) in [7, 11) is 0. The van der Waals surface area contributed by atoms with Crippen LogP contribution in [0.15, 0.2) is 66.1 Å². The second-order valence-electron chi connectivity index (χ2n) is 6.11. The van der Waals surface area contributed by atoms with Crippen LogP contribution in [0, 0.1) is 5.82 Å². The molecule has 0 bridgehead atoms. The van der Waals surface area contributed by atoms with Gasteiger partial charge in [-0.05, 0) is 48.9 Å². The summed E-state index contributed by atoms with van der Waals surface area (Å²) in [5, 5.41) is 10.8. The van der Waals surface area contributed by atoms with Crippen LogP contribution in [0.3, 0.4) is 0 Å². The molecule has 0 saturated carbocycles. The number of allylic oxidation sites excluding steroid dienone is 1. The Kier molecular flexibility index (Phi) is 4.37. The fourth-order valence-corrected chi connectivity index (χ4v) is 3.20. The van der Waals surface area contributed by atoms with E-state index in [1.165, 1.54) is 18.5 Å². The summed E-state index contributed by atoms with van der Waals surface area (Å²) in [4.78, 5) is 17.2. The van der Waals surface area contributed by atoms with Crippen molar-refractivity contribution in [2.75, 3.05) is 10.6 Å². The average Bonchev–Trinajstić information content (AvgIpc) is 3.11. The number of hydrogen-bond donors (Lipinski definition) is 2. The summed E-state index contributed by atoms with van der Waals surface area (Å²) in [6, 6.07) is 12.3. The number of anilines is 2. The Bertz CT molecular complexity index is 1030. The van der Waals surface area contributed by atoms with Crippen molar-refractivity contribution in [3.8, 4) is 0 Å². The Morgan fingerprint density at radius 1 is 1.19 bits per heavy atom. The fraction of sp³-hybridized carbons (Fsp3) is 0.105. The van der Waals surface area contributed by atoms with E-state index in [4.69, 9.17) is 11.6 Å². The van der Waals surface area contributed by atoms with Crippen LogP contribution in [0.1, 0.15) is 18.5 Å². The topological polar surface area (TPSA) is 71.8 Å². The van der Waals surface area contributed by atoms with E-state index in [-0.39, 0.29) is 11.7 Å². The summed E-state index contributed by atoms with van der Waals surface area (Å²) in [6.07, 6.45) is 1.41. The van der Waals surface area contributed by atoms with E-state index in [2.05, 4.69) is 20.7 Å². The zero-order chi connectivity index (χ0) is 19.0. The van der Waals surface area contributed by atoms with Gasteiger partial charge in [0.15, 0.2) is 0 Å². The molecule has 0 saturated heterocycles. The highest BCUT2D eigenvalue weighted by Crippen LogP contribution is 2.35. The maximum absolute atomic E-state index is 13.4. The van der Waals surface area contributed by atoms with Gasteiger partial charge in [0.25, 0.3) is 5.91 Å². The van der Waals surface area contributed by atoms with E-state index in [0.29, 0.717) is 27.9 Å². The Morgan fingerprint density at radius 2 is 1.89 bits per heavy atom. The molecule has 2 N–H and O–H groups in total. The van der Waals surface area contributed by atoms with Gasteiger partial charge in [-0.3, -0.25) is 4.79 Å². The largest absolute Gasteiger partial charge is 0.328 e. The number of amides is 1. The second kappa shape index (κ2) is 6.85. The van der Waals surface area contributed by atoms with Crippen molar-refractivity contribution in [3.63, 3.8) is 0 Å². The zero-order valence-corrected chi connectivity index (χ0v) is 15.0. The van der Waals surface area contributed by atoms with Crippen LogP contribution in [0.25, 0.3) is 0 Å². The van der Waals surface area contributed by atoms with E-state index in [0.717, 1.165) is 5.56 Å². The van der Waals surface area contributed by atoms with Crippen molar-refractivity contribution >= 4 is 29.1 Å². The number of nitrogens with one attached hydrogen (secondary N) is 2. The van der Waals surface area contributed by atoms with E-state index < -0.39 is 6.04 Å². The van der Waals surface area contributed by atoms with Crippen LogP contribution in [0.4, 0.5) is 16.0 Å². The predicted molar refractivity (Wildman–Crippen MR) is 101 cm³/mol. The van der Waals surface area contributed by atoms with Gasteiger partial charge in [0.1, 0.15) is 18.2 Å². The van der Waals surface area contributed by atoms with Crippen molar-refractivity contribution in [2.24, 2.45) is 0 Å². The molecule has 4 rings (SSSR count). The first-order valence-corrected chi connectivity index (χ1v) is 8.60. The molecule has 1 aromatic heterocycles. The van der Waals surface area contributed by atoms with E-state index in [9.17, 15) is 9.18 Å². The lowest BCUT2D eigenvalue weighted by molar-refractivity contribution is -0.113. The van der Waals surface area contributed by atoms with Crippen LogP contribution >= 0.6 is 11.6 Å². The quantitative estimate of drug-likeness (QED) is 0.717. The predicted octanol–water partition coefficient (Wildman–Crippen LogP) is 4.00. The number of carbonyl (C=O) groups is 1. The number of hydrogen-bond acceptors (Lipinski definition) is 4. The van der Waals surface area contributed by atoms with Crippen molar-refractivity contribution in [1.82, 2.24) is 14.8 Å². The molecule has 27 heavy (non-hydrogen) atoms. The molecular weight excluding hydrogens is 369 g/mol. The summed E-state index contributed by atoms with van der Waals surface area (Å²) >= 11 is 5.90. The van der Waals surface area contributed by atoms with Gasteiger partial charge >= 0.3 is 0 Å². The summed E-state index contributed by atoms with van der Waals surface area (Å²) < 4.78 is 15.0. The number of nitrogens with zero attached hydrogens (tertiary/aromatic N) is 3. The van der Waals surface area contributed by atoms with Gasteiger partial charge in [-0.15, -0.1) is 0 Å². The molecule has 6 nitrogen and oxygen atoms in total. The molecule has 2 aromatic carbocycles. The highest BCUT2D eigenvalue weighted by Gasteiger charge is 2.33. The van der Waals surface area contributed by atoms with Crippen LogP contribution in [-0.2, 0) is 4.79 Å². The Morgan fingerprint density at radius 3 is 2.59 bits per heavy atom. The number of benzene rings is 2. The molecule has 0 unspecified atom stereocenters. The maximum atomic E-state index is 13.4. The van der Waals surface area contributed by atoms with Crippen molar-refractivity contribution < 1.29 is 9.18 Å². The lowest BCUT2D eigenvalue weighted by Gasteiger charge is -2.28. The summed E-state index contributed by atoms with van der Waals surface area (Å²) in [5.41, 5.74) is 2.46. The fourth-order valence-electron chi connectivity index (χ4n) is 3.07. The summed E-state index contributed by atoms with van der Waals surface area (Å²) in [6.45, 7) is 1.80. The molecule has 1 aliphatic rings. The SMILES string of the molecule is CC1=C(C(=O)Nc2ccc(Cl)cc2)[C@@H](c2ccc(F)cc2)n2ncnc2N1. The minimum atomic E-state index is -0.531. The molecule has 0 fully saturated rings. The smallest absolute Gasteiger partial charge is 0.255 e. The first kappa shape index (κ1) is 17.2. The van der Waals surface area contributed by atoms with Gasteiger partial charge in [0, 0.05) is 16.4 Å². The number of carbonyl (C=O) groups excluding carboxylic acids is 1. The molecule has 0 aliphatic carbocycles. The lowest BCUT2D eigenvalue weighted by atomic mass is 9.95. The highest BCUT2D eigenvalue weighted by atomic mass is 35.5. The molecule has 136 valence electrons. The minimum absolute atomic E-state index is 0.294. The molecule has 0 radical (unpaired) electrons. The van der Waals surface area contributed by atoms with E-state index in [1.54, 1.807) is 48.0 Å². The molecule has 1 amide bonds. The van der Waals surface area contributed by atoms with Gasteiger partial charge in [-0.25, -0.2) is 9.07 Å². The number of rotatable bonds is 3. The monoisotopic (exact) mass is 383 g/mol. The van der Waals surface area contributed by atoms with E-state index >= 15 is 0 Å². The standard InChI is InChI=1S/C19H15ClFN5O/c1-11-16(18(27)25-15-8-4-13(20)5-9-15)17(12-2-6-14(21)7-3-12)26-19(24-11)22-10-23-26/h2-10,17H,1H3,(H,25,27)(H,22,23,24)/t17-/m1/s1. The normalized spacial score (nSPS) is 15.9. The number of halogens is 2. The molecule has 3 aromatic rings. The number of aromatic nitrogens is 3. The Balaban J connectivity index is 1.74. The van der Waals surface area contributed by atoms with Crippen molar-refractivity contribution in [1.29, 1.82) is 0 Å². The third-order valence-corrected chi connectivity index (χ3v) is 4.58. The second-order valence-corrected chi connectivity index (χ2v) is 6.54. The van der Waals surface area contributed by atoms with Gasteiger partial charge in [-0.1, -0.05) is 23.7 Å². The van der Waals surface area contributed by atoms with Gasteiger partial charge in [0.05, 0.1) is 5.57 Å². The average molecular weight is 384 g/mol. The Labute approximate surface area is 159 Å². The first-order chi connectivity index (χ1) is 13.0. The molecular formula is C19H15ClFN5O. The van der Waals surface area contributed by atoms with Crippen LogP contribution in [0.2, 0.25) is 5.02 Å². The first-order valence-electron chi connectivity index (χ1n) is 8.22. The van der Waals surface area contributed by atoms with Gasteiger partial charge in [-0.2, -0.15) is 10.1 Å². The number of fused-ring (bicyclic) bond motifs is 1. The summed E-state index contributed by atoms with van der Waals surface area (Å²) in [5.74, 6) is -0.123. The minimum Gasteiger partial charge on any atom is -0.328 e. The van der Waals surface area contributed by atoms with Crippen molar-refractivity contribution in [2.45, 2.75) is 13.0 Å². The van der Waals surface area contributed by atoms with Gasteiger partial charge in [0.2, 0.25) is 5.95 Å². The lowest BCUT2D eigenvalue weighted by Crippen LogP contribution is -2.31. The molecule has 1 aliphatic heterocycles. The third-order valence-electron chi connectivity index (χ3n) is 4.33. The Hall–Kier alpha value is -3.19. The zero-order valence-electron chi connectivity index (χ0n) is 14.3. The van der Waals surface area contributed by atoms with Crippen LogP contribution < -0.4 is 10.6 Å². The maximum Gasteiger partial charge on any atom is 0.255 e. The van der Waals surface area contributed by atoms with E-state index in [1.807, 2.05) is 0 Å². The highest BCUT2D eigenvalue weighted by molar-refractivity contribution is 6.30. The van der Waals surface area contributed by atoms with Gasteiger partial charge < -0.3 is 10.6 Å². The van der Waals surface area contributed by atoms with Crippen LogP contribution in [-0.4, -0.2) is 20.7 Å². The van der Waals surface area contributed by atoms with Crippen LogP contribution in [0.5, 0.6) is 0 Å². The molecule has 8 heteroatoms. The van der Waals surface area contributed by atoms with Crippen molar-refractivity contribution in [3.05, 3.63) is 82.5 Å². The molecule has 1 atom stereocenters. The molecule has 2 heterocycles. The third kappa shape index (κ3) is 3.29.